The third kappa shape index (κ3) is 20.1. The number of hydrogen-bond donors (Lipinski definition) is 12. The SMILES string of the molecule is CC(O)C(CO)NC(=O)C1CSSCC(NC(=O)C(N)Cc2ccccc2)C(=O)CC(Cc2ccccc2)C(=O)NC(Cc2c[nH]c3ccccc23)C(=O)NC(CCCCNC(=O)OC(C)(C)C)C(=O)NC(C(C)O)C(=O)N1. The number of aliphatic hydroxyl groups is 3. The van der Waals surface area contributed by atoms with Gasteiger partial charge >= 0.3 is 6.09 Å². The van der Waals surface area contributed by atoms with Crippen LogP contribution < -0.4 is 43.0 Å². The number of ketones is 1. The summed E-state index contributed by atoms with van der Waals surface area (Å²) in [5, 5.41) is 50.8. The third-order valence-corrected chi connectivity index (χ3v) is 15.2. The van der Waals surface area contributed by atoms with Crippen LogP contribution in [0.3, 0.4) is 0 Å². The zero-order valence-electron chi connectivity index (χ0n) is 44.6. The van der Waals surface area contributed by atoms with Gasteiger partial charge in [-0.15, -0.1) is 0 Å². The van der Waals surface area contributed by atoms with Crippen molar-refractivity contribution in [2.24, 2.45) is 11.7 Å². The van der Waals surface area contributed by atoms with Gasteiger partial charge in [-0.3, -0.25) is 33.6 Å². The topological polar surface area (TPSA) is 332 Å². The monoisotopic (exact) mass is 1120 g/mol. The third-order valence-electron chi connectivity index (χ3n) is 12.8. The van der Waals surface area contributed by atoms with E-state index >= 15 is 0 Å². The number of ether oxygens (including phenoxy) is 1. The molecular formula is C55H75N9O12S2. The summed E-state index contributed by atoms with van der Waals surface area (Å²) in [7, 11) is 2.09. The lowest BCUT2D eigenvalue weighted by Gasteiger charge is -2.29. The van der Waals surface area contributed by atoms with Crippen LogP contribution in [0.2, 0.25) is 0 Å². The number of benzene rings is 3. The molecule has 7 amide bonds. The van der Waals surface area contributed by atoms with Crippen molar-refractivity contribution in [3.8, 4) is 0 Å². The van der Waals surface area contributed by atoms with Gasteiger partial charge in [-0.05, 0) is 89.5 Å². The molecule has 1 aliphatic rings. The standard InChI is InChI=1S/C55H75N9O12S2/c1-32(66)43(29-65)61-52(73)45-31-78-77-30-44(62-49(70)39(56)25-35-18-10-7-11-19-35)46(68)27-36(24-34-16-8-6-9-17-34)48(69)60-42(26-37-28-58-40-21-13-12-20-38(37)40)51(72)59-41(50(71)64-47(33(2)67)53(74)63-45)22-14-15-23-57-54(75)76-55(3,4)5/h6-13,16-21,28,32-33,36,39,41-45,47,58,65-67H,14-15,22-27,29-31,56H2,1-5H3,(H,57,75)(H,59,72)(H,60,69)(H,61,73)(H,62,70)(H,63,74)(H,64,71). The Balaban J connectivity index is 1.56. The Morgan fingerprint density at radius 3 is 2.05 bits per heavy atom. The molecule has 2 heterocycles. The number of aliphatic hydroxyl groups excluding tert-OH is 3. The summed E-state index contributed by atoms with van der Waals surface area (Å²) in [5.41, 5.74) is 8.52. The first-order chi connectivity index (χ1) is 37.1. The number of alkyl carbamates (subject to hydrolysis) is 1. The second-order valence-electron chi connectivity index (χ2n) is 20.4. The summed E-state index contributed by atoms with van der Waals surface area (Å²) in [6, 6.07) is 15.9. The Hall–Kier alpha value is -6.50. The smallest absolute Gasteiger partial charge is 0.407 e. The summed E-state index contributed by atoms with van der Waals surface area (Å²) in [4.78, 5) is 117. The molecular weight excluding hydrogens is 1040 g/mol. The predicted molar refractivity (Wildman–Crippen MR) is 298 cm³/mol. The number of fused-ring (bicyclic) bond motifs is 1. The minimum Gasteiger partial charge on any atom is -0.444 e. The number of rotatable bonds is 18. The molecule has 21 nitrogen and oxygen atoms in total. The van der Waals surface area contributed by atoms with Crippen LogP contribution in [0.1, 0.15) is 77.0 Å². The highest BCUT2D eigenvalue weighted by atomic mass is 33.1. The van der Waals surface area contributed by atoms with Gasteiger partial charge in [0.05, 0.1) is 36.9 Å². The van der Waals surface area contributed by atoms with Gasteiger partial charge in [0.2, 0.25) is 35.4 Å². The molecule has 1 aromatic heterocycles. The van der Waals surface area contributed by atoms with E-state index in [1.165, 1.54) is 13.8 Å². The van der Waals surface area contributed by atoms with Crippen molar-refractivity contribution in [3.05, 3.63) is 108 Å². The lowest BCUT2D eigenvalue weighted by molar-refractivity contribution is -0.137. The molecule has 10 unspecified atom stereocenters. The van der Waals surface area contributed by atoms with E-state index in [1.807, 2.05) is 42.5 Å². The summed E-state index contributed by atoms with van der Waals surface area (Å²) >= 11 is 0. The molecule has 0 spiro atoms. The molecule has 0 radical (unpaired) electrons. The highest BCUT2D eigenvalue weighted by molar-refractivity contribution is 8.76. The molecule has 1 aliphatic heterocycles. The molecule has 1 fully saturated rings. The quantitative estimate of drug-likeness (QED) is 0.0500. The first-order valence-electron chi connectivity index (χ1n) is 26.0. The van der Waals surface area contributed by atoms with E-state index in [2.05, 4.69) is 42.2 Å². The number of carbonyl (C=O) groups excluding carboxylic acids is 8. The number of nitrogens with one attached hydrogen (secondary N) is 8. The summed E-state index contributed by atoms with van der Waals surface area (Å²) < 4.78 is 5.33. The van der Waals surface area contributed by atoms with E-state index in [1.54, 1.807) is 69.4 Å². The van der Waals surface area contributed by atoms with Gasteiger partial charge in [0, 0.05) is 53.9 Å². The Morgan fingerprint density at radius 2 is 1.40 bits per heavy atom. The van der Waals surface area contributed by atoms with Crippen LogP contribution in [-0.2, 0) is 57.6 Å². The zero-order valence-corrected chi connectivity index (χ0v) is 46.3. The Bertz CT molecular complexity index is 2640. The second-order valence-corrected chi connectivity index (χ2v) is 23.0. The van der Waals surface area contributed by atoms with Crippen molar-refractivity contribution in [3.63, 3.8) is 0 Å². The number of nitrogens with two attached hydrogens (primary N) is 1. The highest BCUT2D eigenvalue weighted by Gasteiger charge is 2.37. The number of aromatic nitrogens is 1. The van der Waals surface area contributed by atoms with Crippen molar-refractivity contribution in [2.45, 2.75) is 140 Å². The molecule has 10 atom stereocenters. The highest BCUT2D eigenvalue weighted by Crippen LogP contribution is 2.26. The molecule has 23 heteroatoms. The predicted octanol–water partition coefficient (Wildman–Crippen LogP) is 1.85. The van der Waals surface area contributed by atoms with Crippen LogP contribution in [0.25, 0.3) is 10.9 Å². The molecule has 13 N–H and O–H groups in total. The largest absolute Gasteiger partial charge is 0.444 e. The van der Waals surface area contributed by atoms with E-state index in [0.717, 1.165) is 38.1 Å². The van der Waals surface area contributed by atoms with E-state index < -0.39 is 126 Å². The molecule has 0 saturated carbocycles. The normalized spacial score (nSPS) is 22.0. The van der Waals surface area contributed by atoms with Crippen LogP contribution in [0, 0.1) is 5.92 Å². The van der Waals surface area contributed by atoms with Gasteiger partial charge in [-0.1, -0.05) is 100 Å². The average molecular weight is 1120 g/mol. The van der Waals surface area contributed by atoms with Crippen molar-refractivity contribution >= 4 is 79.8 Å². The number of aromatic amines is 1. The van der Waals surface area contributed by atoms with E-state index in [-0.39, 0.29) is 50.2 Å². The molecule has 4 aromatic rings. The fourth-order valence-electron chi connectivity index (χ4n) is 8.47. The van der Waals surface area contributed by atoms with Crippen LogP contribution in [0.4, 0.5) is 4.79 Å². The van der Waals surface area contributed by atoms with Crippen LogP contribution in [-0.4, -0.2) is 152 Å². The Labute approximate surface area is 462 Å². The summed E-state index contributed by atoms with van der Waals surface area (Å²) in [6.45, 7) is 7.21. The fraction of sp³-hybridized carbons (Fsp3) is 0.491. The molecule has 424 valence electrons. The number of amides is 7. The van der Waals surface area contributed by atoms with E-state index in [0.29, 0.717) is 17.5 Å². The average Bonchev–Trinajstić information content (AvgIpc) is 3.81. The van der Waals surface area contributed by atoms with Gasteiger partial charge in [-0.2, -0.15) is 0 Å². The van der Waals surface area contributed by atoms with Crippen molar-refractivity contribution in [1.29, 1.82) is 0 Å². The van der Waals surface area contributed by atoms with E-state index in [9.17, 15) is 53.7 Å². The molecule has 0 aliphatic carbocycles. The summed E-state index contributed by atoms with van der Waals surface area (Å²) in [6.07, 6.45) is -1.61. The first kappa shape index (κ1) is 62.3. The van der Waals surface area contributed by atoms with Crippen molar-refractivity contribution in [1.82, 2.24) is 42.2 Å². The first-order valence-corrected chi connectivity index (χ1v) is 28.5. The molecule has 5 rings (SSSR count). The zero-order chi connectivity index (χ0) is 56.9. The number of hydrogen-bond acceptors (Lipinski definition) is 15. The molecule has 1 saturated heterocycles. The van der Waals surface area contributed by atoms with Gasteiger partial charge in [0.1, 0.15) is 29.8 Å². The van der Waals surface area contributed by atoms with E-state index in [4.69, 9.17) is 10.5 Å². The minimum atomic E-state index is -1.72. The van der Waals surface area contributed by atoms with Gasteiger partial charge < -0.3 is 68.0 Å². The maximum Gasteiger partial charge on any atom is 0.407 e. The molecule has 3 aromatic carbocycles. The number of Topliss-reactive ketones (excluding diaryl/α,β-unsaturated/α-hetero) is 1. The number of para-hydroxylation sites is 1. The van der Waals surface area contributed by atoms with Gasteiger partial charge in [-0.25, -0.2) is 4.79 Å². The van der Waals surface area contributed by atoms with Gasteiger partial charge in [0.25, 0.3) is 0 Å². The van der Waals surface area contributed by atoms with Crippen LogP contribution >= 0.6 is 21.6 Å². The van der Waals surface area contributed by atoms with Crippen molar-refractivity contribution < 1.29 is 58.4 Å². The molecule has 0 bridgehead atoms. The number of carbonyl (C=O) groups is 8. The number of unbranched alkanes of at least 4 members (excludes halogenated alkanes) is 1. The molecule has 78 heavy (non-hydrogen) atoms. The van der Waals surface area contributed by atoms with Crippen molar-refractivity contribution in [2.75, 3.05) is 24.7 Å². The lowest BCUT2D eigenvalue weighted by atomic mass is 9.90. The lowest BCUT2D eigenvalue weighted by Crippen LogP contribution is -2.62. The minimum absolute atomic E-state index is 0.0385. The fourth-order valence-corrected chi connectivity index (χ4v) is 10.8. The van der Waals surface area contributed by atoms with Gasteiger partial charge in [0.15, 0.2) is 5.78 Å². The van der Waals surface area contributed by atoms with Crippen LogP contribution in [0.5, 0.6) is 0 Å². The maximum atomic E-state index is 14.9. The van der Waals surface area contributed by atoms with Crippen LogP contribution in [0.15, 0.2) is 91.1 Å². The Kier molecular flexibility index (Phi) is 24.5. The Morgan fingerprint density at radius 1 is 0.769 bits per heavy atom. The summed E-state index contributed by atoms with van der Waals surface area (Å²) in [5.74, 6) is -6.87. The maximum absolute atomic E-state index is 14.9. The second kappa shape index (κ2) is 30.6. The number of H-pyrrole nitrogens is 1.